The third-order valence-corrected chi connectivity index (χ3v) is 6.11. The molecule has 1 aromatic heterocycles. The van der Waals surface area contributed by atoms with E-state index in [0.29, 0.717) is 13.2 Å². The predicted octanol–water partition coefficient (Wildman–Crippen LogP) is 4.26. The number of ether oxygens (including phenoxy) is 2. The first-order valence-corrected chi connectivity index (χ1v) is 9.35. The van der Waals surface area contributed by atoms with Crippen molar-refractivity contribution in [2.75, 3.05) is 19.8 Å². The molecule has 2 aliphatic heterocycles. The Morgan fingerprint density at radius 2 is 2.13 bits per heavy atom. The third-order valence-electron chi connectivity index (χ3n) is 4.28. The van der Waals surface area contributed by atoms with E-state index >= 15 is 0 Å². The number of thiophene rings is 1. The molecule has 0 spiro atoms. The zero-order valence-corrected chi connectivity index (χ0v) is 14.9. The molecule has 3 heterocycles. The summed E-state index contributed by atoms with van der Waals surface area (Å²) >= 11 is 4.94. The molecule has 1 fully saturated rings. The number of amides is 1. The molecule has 0 saturated carbocycles. The molecule has 1 amide bonds. The Morgan fingerprint density at radius 3 is 2.96 bits per heavy atom. The Morgan fingerprint density at radius 1 is 1.26 bits per heavy atom. The number of para-hydroxylation sites is 1. The Bertz CT molecular complexity index is 745. The monoisotopic (exact) mass is 393 g/mol. The summed E-state index contributed by atoms with van der Waals surface area (Å²) in [4.78, 5) is 15.6. The second-order valence-electron chi connectivity index (χ2n) is 5.63. The van der Waals surface area contributed by atoms with Crippen LogP contribution >= 0.6 is 27.3 Å². The molecule has 4 rings (SSSR count). The van der Waals surface area contributed by atoms with Crippen LogP contribution < -0.4 is 9.47 Å². The smallest absolute Gasteiger partial charge is 0.265 e. The van der Waals surface area contributed by atoms with E-state index in [4.69, 9.17) is 9.47 Å². The molecule has 0 N–H and O–H groups in total. The number of nitrogens with zero attached hydrogens (tertiary/aromatic N) is 1. The van der Waals surface area contributed by atoms with Crippen LogP contribution in [0.5, 0.6) is 11.5 Å². The lowest BCUT2D eigenvalue weighted by Gasteiger charge is -2.28. The van der Waals surface area contributed by atoms with Gasteiger partial charge in [-0.1, -0.05) is 12.1 Å². The minimum Gasteiger partial charge on any atom is -0.486 e. The number of rotatable bonds is 2. The summed E-state index contributed by atoms with van der Waals surface area (Å²) in [6.45, 7) is 1.91. The molecule has 120 valence electrons. The molecular weight excluding hydrogens is 378 g/mol. The maximum atomic E-state index is 12.9. The van der Waals surface area contributed by atoms with E-state index < -0.39 is 0 Å². The van der Waals surface area contributed by atoms with Crippen molar-refractivity contribution in [1.29, 1.82) is 0 Å². The van der Waals surface area contributed by atoms with Gasteiger partial charge in [0.05, 0.1) is 6.04 Å². The molecule has 23 heavy (non-hydrogen) atoms. The van der Waals surface area contributed by atoms with Gasteiger partial charge in [0, 0.05) is 16.6 Å². The topological polar surface area (TPSA) is 38.8 Å². The highest BCUT2D eigenvalue weighted by molar-refractivity contribution is 9.10. The number of fused-ring (bicyclic) bond motifs is 1. The fourth-order valence-corrected chi connectivity index (χ4v) is 4.76. The Labute approximate surface area is 147 Å². The quantitative estimate of drug-likeness (QED) is 0.764. The SMILES string of the molecule is O=C(c1sccc1Br)N1CCCC1c1cccc2c1OCCO2. The molecule has 0 aliphatic carbocycles. The van der Waals surface area contributed by atoms with E-state index in [0.717, 1.165) is 45.8 Å². The zero-order chi connectivity index (χ0) is 15.8. The van der Waals surface area contributed by atoms with Crippen LogP contribution in [0.1, 0.15) is 34.1 Å². The van der Waals surface area contributed by atoms with Crippen molar-refractivity contribution < 1.29 is 14.3 Å². The molecule has 0 bridgehead atoms. The van der Waals surface area contributed by atoms with Gasteiger partial charge in [0.2, 0.25) is 0 Å². The Kier molecular flexibility index (Phi) is 4.03. The minimum absolute atomic E-state index is 0.0492. The first-order valence-electron chi connectivity index (χ1n) is 7.68. The number of benzene rings is 1. The molecule has 2 aromatic rings. The summed E-state index contributed by atoms with van der Waals surface area (Å²) in [5, 5.41) is 1.93. The lowest BCUT2D eigenvalue weighted by molar-refractivity contribution is 0.0735. The number of carbonyl (C=O) groups is 1. The first kappa shape index (κ1) is 15.0. The molecule has 1 saturated heterocycles. The predicted molar refractivity (Wildman–Crippen MR) is 92.5 cm³/mol. The van der Waals surface area contributed by atoms with Crippen LogP contribution in [0, 0.1) is 0 Å². The van der Waals surface area contributed by atoms with Gasteiger partial charge in [-0.25, -0.2) is 0 Å². The lowest BCUT2D eigenvalue weighted by atomic mass is 10.0. The maximum Gasteiger partial charge on any atom is 0.265 e. The van der Waals surface area contributed by atoms with Crippen molar-refractivity contribution in [2.24, 2.45) is 0 Å². The highest BCUT2D eigenvalue weighted by Gasteiger charge is 2.34. The van der Waals surface area contributed by atoms with Crippen molar-refractivity contribution in [1.82, 2.24) is 4.90 Å². The summed E-state index contributed by atoms with van der Waals surface area (Å²) < 4.78 is 12.4. The van der Waals surface area contributed by atoms with Gasteiger partial charge in [-0.05, 0) is 46.3 Å². The van der Waals surface area contributed by atoms with Crippen molar-refractivity contribution in [3.8, 4) is 11.5 Å². The second kappa shape index (κ2) is 6.17. The summed E-state index contributed by atoms with van der Waals surface area (Å²) in [6.07, 6.45) is 1.96. The Hall–Kier alpha value is -1.53. The van der Waals surface area contributed by atoms with E-state index in [1.165, 1.54) is 11.3 Å². The number of likely N-dealkylation sites (tertiary alicyclic amines) is 1. The normalized spacial score (nSPS) is 19.9. The fraction of sp³-hybridized carbons (Fsp3) is 0.353. The highest BCUT2D eigenvalue weighted by atomic mass is 79.9. The number of carbonyl (C=O) groups excluding carboxylic acids is 1. The zero-order valence-electron chi connectivity index (χ0n) is 12.5. The molecule has 1 aromatic carbocycles. The van der Waals surface area contributed by atoms with Crippen molar-refractivity contribution >= 4 is 33.2 Å². The van der Waals surface area contributed by atoms with Crippen LogP contribution in [0.25, 0.3) is 0 Å². The van der Waals surface area contributed by atoms with E-state index in [1.54, 1.807) is 0 Å². The van der Waals surface area contributed by atoms with Gasteiger partial charge in [-0.2, -0.15) is 0 Å². The van der Waals surface area contributed by atoms with Gasteiger partial charge in [0.25, 0.3) is 5.91 Å². The van der Waals surface area contributed by atoms with Crippen LogP contribution in [0.4, 0.5) is 0 Å². The molecule has 1 atom stereocenters. The lowest BCUT2D eigenvalue weighted by Crippen LogP contribution is -2.31. The van der Waals surface area contributed by atoms with Crippen molar-refractivity contribution in [2.45, 2.75) is 18.9 Å². The van der Waals surface area contributed by atoms with E-state index in [1.807, 2.05) is 34.5 Å². The molecule has 4 nitrogen and oxygen atoms in total. The van der Waals surface area contributed by atoms with Crippen molar-refractivity contribution in [3.63, 3.8) is 0 Å². The van der Waals surface area contributed by atoms with Crippen LogP contribution in [-0.4, -0.2) is 30.6 Å². The fourth-order valence-electron chi connectivity index (χ4n) is 3.27. The van der Waals surface area contributed by atoms with Crippen LogP contribution in [0.2, 0.25) is 0 Å². The number of halogens is 1. The first-order chi connectivity index (χ1) is 11.3. The van der Waals surface area contributed by atoms with Gasteiger partial charge in [-0.3, -0.25) is 4.79 Å². The van der Waals surface area contributed by atoms with Gasteiger partial charge in [0.1, 0.15) is 18.1 Å². The van der Waals surface area contributed by atoms with Crippen molar-refractivity contribution in [3.05, 3.63) is 44.6 Å². The molecule has 1 unspecified atom stereocenters. The van der Waals surface area contributed by atoms with E-state index in [9.17, 15) is 4.79 Å². The van der Waals surface area contributed by atoms with Gasteiger partial charge < -0.3 is 14.4 Å². The van der Waals surface area contributed by atoms with E-state index in [-0.39, 0.29) is 11.9 Å². The van der Waals surface area contributed by atoms with Crippen LogP contribution in [-0.2, 0) is 0 Å². The molecular formula is C17H16BrNO3S. The molecule has 6 heteroatoms. The average molecular weight is 394 g/mol. The van der Waals surface area contributed by atoms with E-state index in [2.05, 4.69) is 15.9 Å². The maximum absolute atomic E-state index is 12.9. The molecule has 0 radical (unpaired) electrons. The average Bonchev–Trinajstić information content (AvgIpc) is 3.22. The highest BCUT2D eigenvalue weighted by Crippen LogP contribution is 2.43. The summed E-state index contributed by atoms with van der Waals surface area (Å²) in [5.41, 5.74) is 1.06. The summed E-state index contributed by atoms with van der Waals surface area (Å²) in [7, 11) is 0. The largest absolute Gasteiger partial charge is 0.486 e. The minimum atomic E-state index is 0.0492. The number of hydrogen-bond donors (Lipinski definition) is 0. The van der Waals surface area contributed by atoms with Gasteiger partial charge in [0.15, 0.2) is 11.5 Å². The van der Waals surface area contributed by atoms with Gasteiger partial charge in [-0.15, -0.1) is 11.3 Å². The standard InChI is InChI=1S/C17H16BrNO3S/c18-12-6-10-23-16(12)17(20)19-7-2-4-13(19)11-3-1-5-14-15(11)22-9-8-21-14/h1,3,5-6,10,13H,2,4,7-9H2. The summed E-state index contributed by atoms with van der Waals surface area (Å²) in [6, 6.07) is 7.92. The second-order valence-corrected chi connectivity index (χ2v) is 7.40. The number of hydrogen-bond acceptors (Lipinski definition) is 4. The van der Waals surface area contributed by atoms with Crippen LogP contribution in [0.3, 0.4) is 0 Å². The van der Waals surface area contributed by atoms with Gasteiger partial charge >= 0.3 is 0 Å². The Balaban J connectivity index is 1.69. The molecule has 2 aliphatic rings. The third kappa shape index (κ3) is 2.64. The summed E-state index contributed by atoms with van der Waals surface area (Å²) in [5.74, 6) is 1.67. The van der Waals surface area contributed by atoms with Crippen LogP contribution in [0.15, 0.2) is 34.1 Å².